The van der Waals surface area contributed by atoms with Crippen LogP contribution in [-0.4, -0.2) is 65.4 Å². The molecule has 2 atom stereocenters. The Bertz CT molecular complexity index is 668. The van der Waals surface area contributed by atoms with E-state index in [0.29, 0.717) is 0 Å². The van der Waals surface area contributed by atoms with Crippen LogP contribution in [0.2, 0.25) is 0 Å². The highest BCUT2D eigenvalue weighted by Crippen LogP contribution is 2.38. The van der Waals surface area contributed by atoms with Crippen molar-refractivity contribution in [1.29, 1.82) is 0 Å². The van der Waals surface area contributed by atoms with E-state index in [1.54, 1.807) is 41.5 Å². The third kappa shape index (κ3) is 5.24. The standard InChI is InChI=1S/C15H29N3O6S2/c1-13(2,3)23-11(19)15(8-10(25)9-17(15)7)18(26(16,21)22)12(20)24-14(4,5)6/h10,25H,8-9H2,1-7H3,(H2,16,21,22). The van der Waals surface area contributed by atoms with E-state index in [4.69, 9.17) is 14.6 Å². The molecule has 1 aliphatic heterocycles. The average molecular weight is 412 g/mol. The van der Waals surface area contributed by atoms with Gasteiger partial charge in [-0.1, -0.05) is 0 Å². The van der Waals surface area contributed by atoms with Crippen molar-refractivity contribution < 1.29 is 27.5 Å². The Hall–Kier alpha value is -1.04. The topological polar surface area (TPSA) is 119 Å². The van der Waals surface area contributed by atoms with Crippen molar-refractivity contribution in [2.24, 2.45) is 5.14 Å². The first-order chi connectivity index (χ1) is 11.4. The lowest BCUT2D eigenvalue weighted by Gasteiger charge is -2.42. The van der Waals surface area contributed by atoms with Crippen LogP contribution in [0.3, 0.4) is 0 Å². The van der Waals surface area contributed by atoms with Crippen molar-refractivity contribution in [1.82, 2.24) is 9.21 Å². The molecule has 26 heavy (non-hydrogen) atoms. The van der Waals surface area contributed by atoms with Crippen LogP contribution in [0.1, 0.15) is 48.0 Å². The van der Waals surface area contributed by atoms with E-state index < -0.39 is 39.1 Å². The first kappa shape index (κ1) is 23.0. The summed E-state index contributed by atoms with van der Waals surface area (Å²) in [4.78, 5) is 27.1. The number of thiol groups is 1. The van der Waals surface area contributed by atoms with Gasteiger partial charge in [-0.2, -0.15) is 25.4 Å². The van der Waals surface area contributed by atoms with Gasteiger partial charge in [0.15, 0.2) is 0 Å². The summed E-state index contributed by atoms with van der Waals surface area (Å²) in [5, 5.41) is 4.94. The first-order valence-corrected chi connectivity index (χ1v) is 10.1. The zero-order valence-corrected chi connectivity index (χ0v) is 18.0. The van der Waals surface area contributed by atoms with Gasteiger partial charge in [-0.25, -0.2) is 14.7 Å². The van der Waals surface area contributed by atoms with Gasteiger partial charge >= 0.3 is 22.3 Å². The summed E-state index contributed by atoms with van der Waals surface area (Å²) in [6.45, 7) is 9.89. The molecule has 2 unspecified atom stereocenters. The largest absolute Gasteiger partial charge is 0.457 e. The Morgan fingerprint density at radius 3 is 1.92 bits per heavy atom. The van der Waals surface area contributed by atoms with Gasteiger partial charge in [0.25, 0.3) is 0 Å². The molecule has 0 bridgehead atoms. The second-order valence-corrected chi connectivity index (χ2v) is 10.5. The predicted octanol–water partition coefficient (Wildman–Crippen LogP) is 1.10. The highest BCUT2D eigenvalue weighted by Gasteiger charge is 2.61. The number of carbonyl (C=O) groups is 2. The minimum Gasteiger partial charge on any atom is -0.457 e. The van der Waals surface area contributed by atoms with Gasteiger partial charge in [-0.05, 0) is 48.6 Å². The fraction of sp³-hybridized carbons (Fsp3) is 0.867. The van der Waals surface area contributed by atoms with E-state index in [1.165, 1.54) is 11.9 Å². The summed E-state index contributed by atoms with van der Waals surface area (Å²) in [6.07, 6.45) is -1.34. The van der Waals surface area contributed by atoms with Crippen molar-refractivity contribution in [3.05, 3.63) is 0 Å². The third-order valence-corrected chi connectivity index (χ3v) is 4.82. The molecule has 0 radical (unpaired) electrons. The summed E-state index contributed by atoms with van der Waals surface area (Å²) in [7, 11) is -3.15. The van der Waals surface area contributed by atoms with Gasteiger partial charge in [0.05, 0.1) is 0 Å². The van der Waals surface area contributed by atoms with Gasteiger partial charge in [0.1, 0.15) is 11.2 Å². The van der Waals surface area contributed by atoms with Crippen molar-refractivity contribution in [2.75, 3.05) is 13.6 Å². The second kappa shape index (κ2) is 7.17. The van der Waals surface area contributed by atoms with Crippen LogP contribution in [0.5, 0.6) is 0 Å². The summed E-state index contributed by atoms with van der Waals surface area (Å²) >= 11 is 4.35. The third-order valence-electron chi connectivity index (χ3n) is 3.51. The number of nitrogens with two attached hydrogens (primary N) is 1. The molecule has 11 heteroatoms. The fourth-order valence-electron chi connectivity index (χ4n) is 2.70. The van der Waals surface area contributed by atoms with E-state index in [2.05, 4.69) is 12.6 Å². The molecule has 2 N–H and O–H groups in total. The minimum absolute atomic E-state index is 0.0861. The molecule has 152 valence electrons. The number of ether oxygens (including phenoxy) is 2. The van der Waals surface area contributed by atoms with Crippen LogP contribution in [0.4, 0.5) is 4.79 Å². The number of amides is 1. The summed E-state index contributed by atoms with van der Waals surface area (Å²) in [5.74, 6) is -0.913. The van der Waals surface area contributed by atoms with Crippen molar-refractivity contribution >= 4 is 34.9 Å². The Balaban J connectivity index is 3.55. The highest BCUT2D eigenvalue weighted by molar-refractivity contribution is 7.87. The number of likely N-dealkylation sites (N-methyl/N-ethyl adjacent to an activating group) is 1. The van der Waals surface area contributed by atoms with E-state index in [9.17, 15) is 18.0 Å². The zero-order valence-electron chi connectivity index (χ0n) is 16.3. The number of likely N-dealkylation sites (tertiary alicyclic amines) is 1. The van der Waals surface area contributed by atoms with E-state index in [-0.39, 0.29) is 22.5 Å². The van der Waals surface area contributed by atoms with Crippen molar-refractivity contribution in [3.63, 3.8) is 0 Å². The van der Waals surface area contributed by atoms with Crippen LogP contribution < -0.4 is 5.14 Å². The van der Waals surface area contributed by atoms with Crippen LogP contribution >= 0.6 is 12.6 Å². The SMILES string of the molecule is CN1CC(S)CC1(C(=O)OC(C)(C)C)N(C(=O)OC(C)(C)C)S(N)(=O)=O. The van der Waals surface area contributed by atoms with Crippen molar-refractivity contribution in [3.8, 4) is 0 Å². The molecule has 1 rings (SSSR count). The molecule has 1 aliphatic rings. The van der Waals surface area contributed by atoms with Gasteiger partial charge < -0.3 is 9.47 Å². The Labute approximate surface area is 160 Å². The lowest BCUT2D eigenvalue weighted by molar-refractivity contribution is -0.175. The molecule has 9 nitrogen and oxygen atoms in total. The Morgan fingerprint density at radius 2 is 1.62 bits per heavy atom. The molecule has 1 fully saturated rings. The zero-order chi connectivity index (χ0) is 20.7. The van der Waals surface area contributed by atoms with Crippen molar-refractivity contribution in [2.45, 2.75) is 70.1 Å². The number of rotatable bonds is 3. The van der Waals surface area contributed by atoms with Gasteiger partial charge in [0.2, 0.25) is 5.66 Å². The van der Waals surface area contributed by atoms with E-state index in [0.717, 1.165) is 0 Å². The number of carbonyl (C=O) groups excluding carboxylic acids is 2. The molecule has 1 amide bonds. The molecule has 1 heterocycles. The minimum atomic E-state index is -4.65. The monoisotopic (exact) mass is 411 g/mol. The van der Waals surface area contributed by atoms with Gasteiger partial charge in [0, 0.05) is 18.2 Å². The maximum atomic E-state index is 13.0. The maximum absolute atomic E-state index is 13.0. The molecular weight excluding hydrogens is 382 g/mol. The normalized spacial score (nSPS) is 25.0. The number of nitrogens with zero attached hydrogens (tertiary/aromatic N) is 2. The van der Waals surface area contributed by atoms with Crippen LogP contribution in [0.25, 0.3) is 0 Å². The average Bonchev–Trinajstić information content (AvgIpc) is 2.58. The fourth-order valence-corrected chi connectivity index (χ4v) is 4.16. The number of hydrogen-bond acceptors (Lipinski definition) is 8. The van der Waals surface area contributed by atoms with Crippen LogP contribution in [-0.2, 0) is 24.5 Å². The van der Waals surface area contributed by atoms with Gasteiger partial charge in [-0.3, -0.25) is 4.90 Å². The smallest absolute Gasteiger partial charge is 0.427 e. The van der Waals surface area contributed by atoms with Gasteiger partial charge in [-0.15, -0.1) is 0 Å². The predicted molar refractivity (Wildman–Crippen MR) is 99.8 cm³/mol. The van der Waals surface area contributed by atoms with Crippen LogP contribution in [0.15, 0.2) is 0 Å². The summed E-state index contributed by atoms with van der Waals surface area (Å²) in [5.41, 5.74) is -3.88. The summed E-state index contributed by atoms with van der Waals surface area (Å²) in [6, 6.07) is 0. The Kier molecular flexibility index (Phi) is 6.35. The molecular formula is C15H29N3O6S2. The summed E-state index contributed by atoms with van der Waals surface area (Å²) < 4.78 is 35.5. The molecule has 0 saturated carbocycles. The number of esters is 1. The van der Waals surface area contributed by atoms with Crippen LogP contribution in [0, 0.1) is 0 Å². The molecule has 1 saturated heterocycles. The quantitative estimate of drug-likeness (QED) is 0.527. The van der Waals surface area contributed by atoms with E-state index in [1.807, 2.05) is 0 Å². The molecule has 0 aromatic rings. The first-order valence-electron chi connectivity index (χ1n) is 8.09. The molecule has 0 aromatic heterocycles. The second-order valence-electron chi connectivity index (χ2n) is 8.35. The highest BCUT2D eigenvalue weighted by atomic mass is 32.2. The molecule has 0 aliphatic carbocycles. The number of hydrogen-bond donors (Lipinski definition) is 2. The molecule has 0 spiro atoms. The lowest BCUT2D eigenvalue weighted by atomic mass is 10.1. The Morgan fingerprint density at radius 1 is 1.15 bits per heavy atom. The maximum Gasteiger partial charge on any atom is 0.427 e. The lowest BCUT2D eigenvalue weighted by Crippen LogP contribution is -2.67. The van der Waals surface area contributed by atoms with E-state index >= 15 is 0 Å². The molecule has 0 aromatic carbocycles.